The summed E-state index contributed by atoms with van der Waals surface area (Å²) in [5, 5.41) is 6.46. The molecule has 2 aromatic heterocycles. The number of fused-ring (bicyclic) bond motifs is 3. The Morgan fingerprint density at radius 3 is 2.71 bits per heavy atom. The first-order chi connectivity index (χ1) is 10.2. The third-order valence-electron chi connectivity index (χ3n) is 3.33. The molecule has 0 saturated heterocycles. The molecule has 104 valence electrons. The van der Waals surface area contributed by atoms with Gasteiger partial charge in [0.2, 0.25) is 5.95 Å². The fraction of sp³-hybridized carbons (Fsp3) is 0.0667. The molecule has 0 unspecified atom stereocenters. The fourth-order valence-electron chi connectivity index (χ4n) is 2.32. The number of aromatic nitrogens is 4. The molecular formula is C15H12BrN5. The normalized spacial score (nSPS) is 11.3. The maximum absolute atomic E-state index is 4.53. The predicted molar refractivity (Wildman–Crippen MR) is 87.0 cm³/mol. The second-order valence-electron chi connectivity index (χ2n) is 4.94. The van der Waals surface area contributed by atoms with Crippen LogP contribution in [0, 0.1) is 6.92 Å². The molecule has 2 heterocycles. The standard InChI is InChI=1S/C15H12BrN5/c1-9-2-7-13-12(8-9)18-15-19-14(20-21(13)15)17-11-5-3-10(16)4-6-11/h2-8H,1H3,(H2,17,18,19,20). The lowest BCUT2D eigenvalue weighted by Gasteiger charge is -2.01. The monoisotopic (exact) mass is 341 g/mol. The predicted octanol–water partition coefficient (Wildman–Crippen LogP) is 4.03. The number of rotatable bonds is 2. The second kappa shape index (κ2) is 4.60. The lowest BCUT2D eigenvalue weighted by molar-refractivity contribution is 1.01. The van der Waals surface area contributed by atoms with E-state index in [0.717, 1.165) is 21.2 Å². The van der Waals surface area contributed by atoms with Crippen LogP contribution in [0.2, 0.25) is 0 Å². The summed E-state index contributed by atoms with van der Waals surface area (Å²) in [6.07, 6.45) is 0. The van der Waals surface area contributed by atoms with Gasteiger partial charge in [0.05, 0.1) is 11.0 Å². The van der Waals surface area contributed by atoms with Gasteiger partial charge in [-0.2, -0.15) is 4.98 Å². The van der Waals surface area contributed by atoms with Gasteiger partial charge in [-0.3, -0.25) is 5.10 Å². The van der Waals surface area contributed by atoms with Gasteiger partial charge in [-0.05, 0) is 48.9 Å². The van der Waals surface area contributed by atoms with E-state index < -0.39 is 0 Å². The molecule has 0 aliphatic rings. The number of benzene rings is 2. The van der Waals surface area contributed by atoms with Crippen LogP contribution in [-0.4, -0.2) is 19.6 Å². The molecule has 0 amide bonds. The van der Waals surface area contributed by atoms with Crippen molar-refractivity contribution < 1.29 is 0 Å². The quantitative estimate of drug-likeness (QED) is 0.578. The van der Waals surface area contributed by atoms with Crippen LogP contribution < -0.4 is 5.32 Å². The number of hydrogen-bond donors (Lipinski definition) is 2. The molecule has 2 aromatic carbocycles. The molecule has 0 radical (unpaired) electrons. The summed E-state index contributed by atoms with van der Waals surface area (Å²) in [5.74, 6) is 1.33. The zero-order chi connectivity index (χ0) is 14.4. The molecule has 0 spiro atoms. The summed E-state index contributed by atoms with van der Waals surface area (Å²) in [5.41, 5.74) is 4.13. The van der Waals surface area contributed by atoms with Crippen LogP contribution in [0.4, 0.5) is 11.6 Å². The van der Waals surface area contributed by atoms with Crippen LogP contribution in [0.5, 0.6) is 0 Å². The Morgan fingerprint density at radius 1 is 1.10 bits per heavy atom. The summed E-state index contributed by atoms with van der Waals surface area (Å²) in [7, 11) is 0. The Balaban J connectivity index is 1.75. The average Bonchev–Trinajstić information content (AvgIpc) is 2.97. The largest absolute Gasteiger partial charge is 0.325 e. The number of H-pyrrole nitrogens is 1. The fourth-order valence-corrected chi connectivity index (χ4v) is 2.58. The number of nitrogens with zero attached hydrogens (tertiary/aromatic N) is 3. The van der Waals surface area contributed by atoms with Gasteiger partial charge in [-0.15, -0.1) is 0 Å². The molecule has 0 aliphatic carbocycles. The van der Waals surface area contributed by atoms with Crippen LogP contribution in [0.15, 0.2) is 46.9 Å². The van der Waals surface area contributed by atoms with Crippen molar-refractivity contribution in [1.29, 1.82) is 0 Å². The Kier molecular flexibility index (Phi) is 2.71. The van der Waals surface area contributed by atoms with Crippen molar-refractivity contribution >= 4 is 44.4 Å². The molecule has 0 aliphatic heterocycles. The highest BCUT2D eigenvalue weighted by Crippen LogP contribution is 2.20. The zero-order valence-corrected chi connectivity index (χ0v) is 12.8. The van der Waals surface area contributed by atoms with Crippen molar-refractivity contribution in [2.45, 2.75) is 6.92 Å². The molecule has 6 heteroatoms. The summed E-state index contributed by atoms with van der Waals surface area (Å²) in [4.78, 5) is 9.00. The van der Waals surface area contributed by atoms with Gasteiger partial charge in [0.15, 0.2) is 0 Å². The smallest absolute Gasteiger partial charge is 0.253 e. The van der Waals surface area contributed by atoms with Crippen molar-refractivity contribution in [2.24, 2.45) is 0 Å². The van der Waals surface area contributed by atoms with Gasteiger partial charge >= 0.3 is 0 Å². The number of anilines is 2. The van der Waals surface area contributed by atoms with Crippen LogP contribution in [0.3, 0.4) is 0 Å². The zero-order valence-electron chi connectivity index (χ0n) is 11.3. The molecule has 0 fully saturated rings. The molecule has 2 N–H and O–H groups in total. The second-order valence-corrected chi connectivity index (χ2v) is 5.86. The maximum Gasteiger partial charge on any atom is 0.253 e. The van der Waals surface area contributed by atoms with Crippen molar-refractivity contribution in [3.05, 3.63) is 52.5 Å². The summed E-state index contributed by atoms with van der Waals surface area (Å²) < 4.78 is 2.93. The Labute approximate surface area is 129 Å². The minimum Gasteiger partial charge on any atom is -0.325 e. The highest BCUT2D eigenvalue weighted by atomic mass is 79.9. The van der Waals surface area contributed by atoms with Gasteiger partial charge in [0.25, 0.3) is 5.78 Å². The van der Waals surface area contributed by atoms with Crippen LogP contribution in [0.1, 0.15) is 5.56 Å². The number of imidazole rings is 1. The van der Waals surface area contributed by atoms with E-state index in [1.165, 1.54) is 5.56 Å². The van der Waals surface area contributed by atoms with E-state index in [9.17, 15) is 0 Å². The van der Waals surface area contributed by atoms with Gasteiger partial charge < -0.3 is 5.32 Å². The molecule has 21 heavy (non-hydrogen) atoms. The Hall–Kier alpha value is -2.34. The van der Waals surface area contributed by atoms with E-state index in [4.69, 9.17) is 0 Å². The number of halogens is 1. The lowest BCUT2D eigenvalue weighted by atomic mass is 10.2. The summed E-state index contributed by atoms with van der Waals surface area (Å²) >= 11 is 3.42. The first-order valence-corrected chi connectivity index (χ1v) is 7.36. The van der Waals surface area contributed by atoms with Gasteiger partial charge in [0, 0.05) is 10.2 Å². The Morgan fingerprint density at radius 2 is 1.90 bits per heavy atom. The minimum absolute atomic E-state index is 0.662. The van der Waals surface area contributed by atoms with E-state index in [1.807, 2.05) is 34.8 Å². The van der Waals surface area contributed by atoms with Crippen molar-refractivity contribution in [3.63, 3.8) is 0 Å². The van der Waals surface area contributed by atoms with Crippen LogP contribution >= 0.6 is 15.9 Å². The first-order valence-electron chi connectivity index (χ1n) is 6.56. The van der Waals surface area contributed by atoms with Crippen molar-refractivity contribution in [2.75, 3.05) is 5.32 Å². The van der Waals surface area contributed by atoms with E-state index in [1.54, 1.807) is 0 Å². The van der Waals surface area contributed by atoms with Gasteiger partial charge in [-0.1, -0.05) is 22.0 Å². The topological polar surface area (TPSA) is 58.0 Å². The molecule has 5 nitrogen and oxygen atoms in total. The van der Waals surface area contributed by atoms with E-state index in [0.29, 0.717) is 11.7 Å². The number of aryl methyl sites for hydroxylation is 1. The number of hydrogen-bond acceptors (Lipinski definition) is 3. The lowest BCUT2D eigenvalue weighted by Crippen LogP contribution is -1.93. The summed E-state index contributed by atoms with van der Waals surface area (Å²) in [6.45, 7) is 2.06. The molecule has 0 saturated carbocycles. The van der Waals surface area contributed by atoms with Gasteiger partial charge in [-0.25, -0.2) is 9.50 Å². The maximum atomic E-state index is 4.53. The molecule has 0 bridgehead atoms. The van der Waals surface area contributed by atoms with Crippen molar-refractivity contribution in [3.8, 4) is 0 Å². The Bertz CT molecular complexity index is 936. The summed E-state index contributed by atoms with van der Waals surface area (Å²) in [6, 6.07) is 14.1. The number of nitrogens with one attached hydrogen (secondary N) is 2. The SMILES string of the molecule is Cc1ccc2c(c1)nc1nc(Nc3ccc(Br)cc3)[nH]n12. The number of aromatic amines is 1. The van der Waals surface area contributed by atoms with Crippen LogP contribution in [0.25, 0.3) is 16.8 Å². The molecule has 4 rings (SSSR count). The minimum atomic E-state index is 0.662. The third kappa shape index (κ3) is 2.17. The molecule has 0 atom stereocenters. The van der Waals surface area contributed by atoms with Gasteiger partial charge in [0.1, 0.15) is 0 Å². The molecule has 4 aromatic rings. The third-order valence-corrected chi connectivity index (χ3v) is 3.86. The highest BCUT2D eigenvalue weighted by Gasteiger charge is 2.09. The highest BCUT2D eigenvalue weighted by molar-refractivity contribution is 9.10. The van der Waals surface area contributed by atoms with E-state index in [2.05, 4.69) is 55.4 Å². The average molecular weight is 342 g/mol. The van der Waals surface area contributed by atoms with E-state index >= 15 is 0 Å². The van der Waals surface area contributed by atoms with Crippen molar-refractivity contribution in [1.82, 2.24) is 19.6 Å². The molecular weight excluding hydrogens is 330 g/mol. The van der Waals surface area contributed by atoms with E-state index in [-0.39, 0.29) is 0 Å². The first kappa shape index (κ1) is 12.4. The van der Waals surface area contributed by atoms with Crippen LogP contribution in [-0.2, 0) is 0 Å².